The highest BCUT2D eigenvalue weighted by atomic mass is 16.6. The maximum atomic E-state index is 11.6. The Bertz CT molecular complexity index is 278. The van der Waals surface area contributed by atoms with E-state index in [1.807, 2.05) is 13.8 Å². The number of carbonyl (C=O) groups excluding carboxylic acids is 2. The average Bonchev–Trinajstić information content (AvgIpc) is 2.10. The molecule has 16 heavy (non-hydrogen) atoms. The maximum Gasteiger partial charge on any atom is 0.416 e. The molecule has 0 aromatic heterocycles. The van der Waals surface area contributed by atoms with Crippen LogP contribution in [0.1, 0.15) is 34.6 Å². The Morgan fingerprint density at radius 1 is 1.50 bits per heavy atom. The van der Waals surface area contributed by atoms with E-state index in [0.29, 0.717) is 13.0 Å². The lowest BCUT2D eigenvalue weighted by atomic mass is 10.0. The Hall–Kier alpha value is -1.32. The first-order valence-electron chi connectivity index (χ1n) is 5.27. The van der Waals surface area contributed by atoms with Gasteiger partial charge in [0.1, 0.15) is 5.60 Å². The molecule has 0 fully saturated rings. The van der Waals surface area contributed by atoms with Gasteiger partial charge in [0, 0.05) is 6.54 Å². The van der Waals surface area contributed by atoms with Gasteiger partial charge in [-0.05, 0) is 33.6 Å². The summed E-state index contributed by atoms with van der Waals surface area (Å²) in [5, 5.41) is 0. The molecule has 0 saturated heterocycles. The summed E-state index contributed by atoms with van der Waals surface area (Å²) in [6, 6.07) is 0. The first-order chi connectivity index (χ1) is 7.17. The Morgan fingerprint density at radius 3 is 2.31 bits per heavy atom. The van der Waals surface area contributed by atoms with Crippen LogP contribution >= 0.6 is 0 Å². The van der Waals surface area contributed by atoms with Crippen LogP contribution in [0.15, 0.2) is 12.2 Å². The third-order valence-corrected chi connectivity index (χ3v) is 2.07. The predicted octanol–water partition coefficient (Wildman–Crippen LogP) is 2.59. The van der Waals surface area contributed by atoms with Crippen molar-refractivity contribution in [3.8, 4) is 0 Å². The van der Waals surface area contributed by atoms with Crippen LogP contribution in [0.2, 0.25) is 0 Å². The molecule has 1 atom stereocenters. The standard InChI is InChI=1S/C12H21NO3/c1-9(2)10(3)7-13(8-14)11(15)16-12(4,5)6/h8,10H,1,7H2,2-6H3. The first kappa shape index (κ1) is 14.7. The van der Waals surface area contributed by atoms with Gasteiger partial charge in [-0.15, -0.1) is 0 Å². The van der Waals surface area contributed by atoms with Crippen LogP contribution in [0.3, 0.4) is 0 Å². The molecule has 0 N–H and O–H groups in total. The summed E-state index contributed by atoms with van der Waals surface area (Å²) in [6.45, 7) is 13.1. The Balaban J connectivity index is 4.45. The number of nitrogens with zero attached hydrogens (tertiary/aromatic N) is 1. The van der Waals surface area contributed by atoms with Gasteiger partial charge >= 0.3 is 6.09 Å². The minimum absolute atomic E-state index is 0.0673. The zero-order valence-electron chi connectivity index (χ0n) is 10.7. The van der Waals surface area contributed by atoms with Gasteiger partial charge in [0.05, 0.1) is 0 Å². The van der Waals surface area contributed by atoms with Crippen LogP contribution in [-0.2, 0) is 9.53 Å². The summed E-state index contributed by atoms with van der Waals surface area (Å²) in [7, 11) is 0. The molecule has 0 heterocycles. The molecule has 4 heteroatoms. The molecule has 0 spiro atoms. The third-order valence-electron chi connectivity index (χ3n) is 2.07. The van der Waals surface area contributed by atoms with E-state index in [1.54, 1.807) is 20.8 Å². The summed E-state index contributed by atoms with van der Waals surface area (Å²) in [4.78, 5) is 23.4. The van der Waals surface area contributed by atoms with E-state index >= 15 is 0 Å². The van der Waals surface area contributed by atoms with E-state index < -0.39 is 11.7 Å². The number of imide groups is 1. The van der Waals surface area contributed by atoms with E-state index in [1.165, 1.54) is 0 Å². The Kier molecular flexibility index (Phi) is 5.21. The summed E-state index contributed by atoms with van der Waals surface area (Å²) >= 11 is 0. The van der Waals surface area contributed by atoms with Crippen LogP contribution in [0.4, 0.5) is 4.79 Å². The second-order valence-corrected chi connectivity index (χ2v) is 4.99. The average molecular weight is 227 g/mol. The molecule has 0 radical (unpaired) electrons. The van der Waals surface area contributed by atoms with Crippen molar-refractivity contribution in [3.63, 3.8) is 0 Å². The van der Waals surface area contributed by atoms with Crippen LogP contribution in [0.5, 0.6) is 0 Å². The fourth-order valence-corrected chi connectivity index (χ4v) is 0.932. The van der Waals surface area contributed by atoms with Crippen LogP contribution < -0.4 is 0 Å². The fourth-order valence-electron chi connectivity index (χ4n) is 0.932. The molecule has 0 aliphatic rings. The molecule has 0 rings (SSSR count). The molecule has 0 aromatic carbocycles. The van der Waals surface area contributed by atoms with Gasteiger partial charge in [-0.3, -0.25) is 4.79 Å². The van der Waals surface area contributed by atoms with E-state index in [2.05, 4.69) is 6.58 Å². The van der Waals surface area contributed by atoms with Crippen molar-refractivity contribution in [3.05, 3.63) is 12.2 Å². The van der Waals surface area contributed by atoms with Crippen molar-refractivity contribution < 1.29 is 14.3 Å². The van der Waals surface area contributed by atoms with Crippen molar-refractivity contribution >= 4 is 12.5 Å². The number of hydrogen-bond donors (Lipinski definition) is 0. The largest absolute Gasteiger partial charge is 0.443 e. The van der Waals surface area contributed by atoms with Gasteiger partial charge in [0.15, 0.2) is 0 Å². The zero-order valence-corrected chi connectivity index (χ0v) is 10.7. The van der Waals surface area contributed by atoms with Gasteiger partial charge in [0.25, 0.3) is 0 Å². The minimum atomic E-state index is -0.615. The summed E-state index contributed by atoms with van der Waals surface area (Å²) in [5.74, 6) is 0.0673. The molecular formula is C12H21NO3. The van der Waals surface area contributed by atoms with Crippen molar-refractivity contribution in [2.75, 3.05) is 6.54 Å². The lowest BCUT2D eigenvalue weighted by Crippen LogP contribution is -2.38. The molecule has 0 bridgehead atoms. The SMILES string of the molecule is C=C(C)C(C)CN(C=O)C(=O)OC(C)(C)C. The van der Waals surface area contributed by atoms with Crippen molar-refractivity contribution in [2.24, 2.45) is 5.92 Å². The predicted molar refractivity (Wildman–Crippen MR) is 63.0 cm³/mol. The highest BCUT2D eigenvalue weighted by molar-refractivity contribution is 5.80. The fraction of sp³-hybridized carbons (Fsp3) is 0.667. The number of amides is 2. The molecule has 4 nitrogen and oxygen atoms in total. The van der Waals surface area contributed by atoms with E-state index in [0.717, 1.165) is 10.5 Å². The smallest absolute Gasteiger partial charge is 0.416 e. The second kappa shape index (κ2) is 5.68. The van der Waals surface area contributed by atoms with Crippen molar-refractivity contribution in [1.82, 2.24) is 4.90 Å². The third kappa shape index (κ3) is 5.53. The number of hydrogen-bond acceptors (Lipinski definition) is 3. The molecule has 0 aliphatic heterocycles. The normalized spacial score (nSPS) is 12.8. The van der Waals surface area contributed by atoms with Crippen LogP contribution in [0, 0.1) is 5.92 Å². The molecule has 2 amide bonds. The second-order valence-electron chi connectivity index (χ2n) is 4.99. The van der Waals surface area contributed by atoms with Gasteiger partial charge < -0.3 is 4.74 Å². The van der Waals surface area contributed by atoms with Crippen molar-refractivity contribution in [2.45, 2.75) is 40.2 Å². The number of rotatable bonds is 4. The Morgan fingerprint density at radius 2 is 2.00 bits per heavy atom. The molecular weight excluding hydrogens is 206 g/mol. The molecule has 1 unspecified atom stereocenters. The first-order valence-corrected chi connectivity index (χ1v) is 5.27. The summed E-state index contributed by atoms with van der Waals surface area (Å²) in [5.41, 5.74) is 0.334. The molecule has 0 aromatic rings. The van der Waals surface area contributed by atoms with E-state index in [9.17, 15) is 9.59 Å². The quantitative estimate of drug-likeness (QED) is 0.548. The highest BCUT2D eigenvalue weighted by Gasteiger charge is 2.23. The maximum absolute atomic E-state index is 11.6. The van der Waals surface area contributed by atoms with E-state index in [4.69, 9.17) is 4.74 Å². The highest BCUT2D eigenvalue weighted by Crippen LogP contribution is 2.12. The van der Waals surface area contributed by atoms with Gasteiger partial charge in [-0.1, -0.05) is 19.1 Å². The van der Waals surface area contributed by atoms with Crippen LogP contribution in [-0.4, -0.2) is 29.5 Å². The minimum Gasteiger partial charge on any atom is -0.443 e. The van der Waals surface area contributed by atoms with Gasteiger partial charge in [-0.25, -0.2) is 9.69 Å². The van der Waals surface area contributed by atoms with E-state index in [-0.39, 0.29) is 5.92 Å². The monoisotopic (exact) mass is 227 g/mol. The summed E-state index contributed by atoms with van der Waals surface area (Å²) in [6.07, 6.45) is -0.122. The summed E-state index contributed by atoms with van der Waals surface area (Å²) < 4.78 is 5.10. The molecule has 0 aliphatic carbocycles. The molecule has 0 saturated carbocycles. The topological polar surface area (TPSA) is 46.6 Å². The lowest BCUT2D eigenvalue weighted by Gasteiger charge is -2.25. The number of ether oxygens (including phenoxy) is 1. The number of carbonyl (C=O) groups is 2. The zero-order chi connectivity index (χ0) is 12.9. The van der Waals surface area contributed by atoms with Gasteiger partial charge in [-0.2, -0.15) is 0 Å². The lowest BCUT2D eigenvalue weighted by molar-refractivity contribution is -0.117. The Labute approximate surface area is 97.3 Å². The molecule has 92 valence electrons. The van der Waals surface area contributed by atoms with Gasteiger partial charge in [0.2, 0.25) is 6.41 Å². The van der Waals surface area contributed by atoms with Crippen molar-refractivity contribution in [1.29, 1.82) is 0 Å². The van der Waals surface area contributed by atoms with Crippen LogP contribution in [0.25, 0.3) is 0 Å².